The molecular formula is C30H36FN3O2. The zero-order valence-electron chi connectivity index (χ0n) is 21.1. The summed E-state index contributed by atoms with van der Waals surface area (Å²) >= 11 is 0. The molecule has 1 amide bonds. The van der Waals surface area contributed by atoms with E-state index in [4.69, 9.17) is 4.74 Å². The molecule has 6 rings (SSSR count). The lowest BCUT2D eigenvalue weighted by Gasteiger charge is -2.32. The summed E-state index contributed by atoms with van der Waals surface area (Å²) in [5.74, 6) is 2.40. The number of allylic oxidation sites excluding steroid dienone is 2. The van der Waals surface area contributed by atoms with Gasteiger partial charge in [0.05, 0.1) is 0 Å². The molecule has 190 valence electrons. The average Bonchev–Trinajstić information content (AvgIpc) is 3.56. The maximum atomic E-state index is 13.4. The molecule has 0 aromatic heterocycles. The second kappa shape index (κ2) is 9.64. The maximum Gasteiger partial charge on any atom is 0.257 e. The maximum absolute atomic E-state index is 13.4. The zero-order valence-corrected chi connectivity index (χ0v) is 21.1. The molecule has 1 spiro atoms. The predicted octanol–water partition coefficient (Wildman–Crippen LogP) is 4.34. The van der Waals surface area contributed by atoms with Crippen molar-refractivity contribution in [1.29, 1.82) is 0 Å². The van der Waals surface area contributed by atoms with Gasteiger partial charge in [0.25, 0.3) is 5.91 Å². The van der Waals surface area contributed by atoms with Crippen molar-refractivity contribution in [1.82, 2.24) is 15.1 Å². The summed E-state index contributed by atoms with van der Waals surface area (Å²) in [6, 6.07) is 12.6. The standard InChI is InChI=1S/C30H36FN3O2/c1-33-12-14-34(15-13-33)19-24-16-22(21-2-6-26(31)7-3-21)4-9-28(24)36-20-29(35)32-18-23-17-25-5-8-27(23)30(25)10-11-30/h2-9,16,23,25,27H,10-15,17-20H2,1H3,(H,32,35)/t23-,25+,27+/m1/s1. The first-order valence-electron chi connectivity index (χ1n) is 13.4. The number of nitrogens with zero attached hydrogens (tertiary/aromatic N) is 2. The number of benzene rings is 2. The van der Waals surface area contributed by atoms with Crippen molar-refractivity contribution in [2.24, 2.45) is 23.2 Å². The highest BCUT2D eigenvalue weighted by molar-refractivity contribution is 5.77. The van der Waals surface area contributed by atoms with Crippen LogP contribution in [0.4, 0.5) is 4.39 Å². The molecule has 3 atom stereocenters. The first-order chi connectivity index (χ1) is 17.5. The number of carbonyl (C=O) groups excluding carboxylic acids is 1. The molecule has 2 aromatic rings. The van der Waals surface area contributed by atoms with Crippen molar-refractivity contribution in [2.45, 2.75) is 25.8 Å². The minimum Gasteiger partial charge on any atom is -0.483 e. The van der Waals surface area contributed by atoms with Crippen LogP contribution in [0.2, 0.25) is 0 Å². The highest BCUT2D eigenvalue weighted by atomic mass is 19.1. The molecule has 4 aliphatic rings. The fourth-order valence-electron chi connectivity index (χ4n) is 6.71. The van der Waals surface area contributed by atoms with Gasteiger partial charge in [0.15, 0.2) is 6.61 Å². The first kappa shape index (κ1) is 23.7. The fraction of sp³-hybridized carbons (Fsp3) is 0.500. The number of likely N-dealkylation sites (N-methyl/N-ethyl adjacent to an activating group) is 1. The lowest BCUT2D eigenvalue weighted by atomic mass is 9.89. The van der Waals surface area contributed by atoms with Crippen molar-refractivity contribution < 1.29 is 13.9 Å². The van der Waals surface area contributed by atoms with Crippen molar-refractivity contribution in [2.75, 3.05) is 46.4 Å². The van der Waals surface area contributed by atoms with E-state index in [1.807, 2.05) is 12.1 Å². The summed E-state index contributed by atoms with van der Waals surface area (Å²) in [5, 5.41) is 3.14. The molecule has 3 fully saturated rings. The lowest BCUT2D eigenvalue weighted by Crippen LogP contribution is -2.43. The summed E-state index contributed by atoms with van der Waals surface area (Å²) < 4.78 is 19.5. The molecule has 3 aliphatic carbocycles. The van der Waals surface area contributed by atoms with E-state index >= 15 is 0 Å². The van der Waals surface area contributed by atoms with Crippen LogP contribution in [0.1, 0.15) is 24.8 Å². The van der Waals surface area contributed by atoms with E-state index in [-0.39, 0.29) is 18.3 Å². The van der Waals surface area contributed by atoms with Crippen LogP contribution >= 0.6 is 0 Å². The van der Waals surface area contributed by atoms with Crippen LogP contribution in [0.5, 0.6) is 5.75 Å². The minimum atomic E-state index is -0.240. The van der Waals surface area contributed by atoms with Crippen LogP contribution in [0, 0.1) is 29.0 Å². The number of halogens is 1. The number of hydrogen-bond donors (Lipinski definition) is 1. The molecule has 36 heavy (non-hydrogen) atoms. The van der Waals surface area contributed by atoms with E-state index in [0.29, 0.717) is 17.3 Å². The zero-order chi connectivity index (χ0) is 24.7. The smallest absolute Gasteiger partial charge is 0.257 e. The van der Waals surface area contributed by atoms with Crippen LogP contribution in [-0.2, 0) is 11.3 Å². The topological polar surface area (TPSA) is 44.8 Å². The SMILES string of the molecule is CN1CCN(Cc2cc(-c3ccc(F)cc3)ccc2OCC(=O)NC[C@H]2C[C@@H]3C=C[C@@H]2C32CC2)CC1. The van der Waals surface area contributed by atoms with Gasteiger partial charge in [-0.2, -0.15) is 0 Å². The molecule has 2 aromatic carbocycles. The van der Waals surface area contributed by atoms with E-state index < -0.39 is 0 Å². The Hall–Kier alpha value is -2.70. The van der Waals surface area contributed by atoms with Gasteiger partial charge in [-0.3, -0.25) is 9.69 Å². The van der Waals surface area contributed by atoms with Crippen molar-refractivity contribution in [3.8, 4) is 16.9 Å². The van der Waals surface area contributed by atoms with Gasteiger partial charge in [-0.1, -0.05) is 30.4 Å². The first-order valence-corrected chi connectivity index (χ1v) is 13.4. The number of ether oxygens (including phenoxy) is 1. The molecule has 5 nitrogen and oxygen atoms in total. The van der Waals surface area contributed by atoms with Crippen LogP contribution < -0.4 is 10.1 Å². The summed E-state index contributed by atoms with van der Waals surface area (Å²) in [6.07, 6.45) is 8.74. The molecule has 0 unspecified atom stereocenters. The number of hydrogen-bond acceptors (Lipinski definition) is 4. The third-order valence-electron chi connectivity index (χ3n) is 8.99. The summed E-state index contributed by atoms with van der Waals surface area (Å²) in [7, 11) is 2.15. The van der Waals surface area contributed by atoms with Gasteiger partial charge in [0.2, 0.25) is 0 Å². The third kappa shape index (κ3) is 4.69. The second-order valence-corrected chi connectivity index (χ2v) is 11.2. The summed E-state index contributed by atoms with van der Waals surface area (Å²) in [5.41, 5.74) is 3.60. The molecule has 1 aliphatic heterocycles. The van der Waals surface area contributed by atoms with Gasteiger partial charge >= 0.3 is 0 Å². The quantitative estimate of drug-likeness (QED) is 0.561. The number of carbonyl (C=O) groups is 1. The Morgan fingerprint density at radius 3 is 2.53 bits per heavy atom. The number of nitrogens with one attached hydrogen (secondary N) is 1. The Morgan fingerprint density at radius 2 is 1.81 bits per heavy atom. The summed E-state index contributed by atoms with van der Waals surface area (Å²) in [4.78, 5) is 17.5. The van der Waals surface area contributed by atoms with E-state index in [9.17, 15) is 9.18 Å². The lowest BCUT2D eigenvalue weighted by molar-refractivity contribution is -0.123. The third-order valence-corrected chi connectivity index (χ3v) is 8.99. The van der Waals surface area contributed by atoms with Crippen molar-refractivity contribution in [3.63, 3.8) is 0 Å². The van der Waals surface area contributed by atoms with Crippen LogP contribution in [0.3, 0.4) is 0 Å². The molecule has 1 heterocycles. The molecular weight excluding hydrogens is 453 g/mol. The Labute approximate surface area is 213 Å². The van der Waals surface area contributed by atoms with Crippen LogP contribution in [0.15, 0.2) is 54.6 Å². The fourth-order valence-corrected chi connectivity index (χ4v) is 6.71. The van der Waals surface area contributed by atoms with Crippen molar-refractivity contribution >= 4 is 5.91 Å². The molecule has 1 saturated heterocycles. The van der Waals surface area contributed by atoms with Gasteiger partial charge < -0.3 is 15.0 Å². The molecule has 0 radical (unpaired) electrons. The Balaban J connectivity index is 1.10. The Bertz CT molecular complexity index is 1140. The molecule has 1 N–H and O–H groups in total. The van der Waals surface area contributed by atoms with Gasteiger partial charge in [-0.15, -0.1) is 0 Å². The summed E-state index contributed by atoms with van der Waals surface area (Å²) in [6.45, 7) is 5.60. The van der Waals surface area contributed by atoms with Crippen molar-refractivity contribution in [3.05, 3.63) is 66.0 Å². The van der Waals surface area contributed by atoms with E-state index in [1.165, 1.54) is 31.4 Å². The van der Waals surface area contributed by atoms with Gasteiger partial charge in [-0.05, 0) is 84.9 Å². The number of piperazine rings is 1. The number of rotatable bonds is 8. The van der Waals surface area contributed by atoms with E-state index in [1.54, 1.807) is 12.1 Å². The van der Waals surface area contributed by atoms with Crippen LogP contribution in [-0.4, -0.2) is 62.1 Å². The highest BCUT2D eigenvalue weighted by Crippen LogP contribution is 2.69. The number of amides is 1. The van der Waals surface area contributed by atoms with E-state index in [0.717, 1.165) is 67.6 Å². The van der Waals surface area contributed by atoms with Crippen LogP contribution in [0.25, 0.3) is 11.1 Å². The average molecular weight is 490 g/mol. The molecule has 2 saturated carbocycles. The molecule has 2 bridgehead atoms. The highest BCUT2D eigenvalue weighted by Gasteiger charge is 2.62. The molecule has 6 heteroatoms. The Kier molecular flexibility index (Phi) is 6.34. The van der Waals surface area contributed by atoms with E-state index in [2.05, 4.69) is 40.4 Å². The Morgan fingerprint density at radius 1 is 1.06 bits per heavy atom. The normalized spacial score (nSPS) is 26.4. The van der Waals surface area contributed by atoms with Gasteiger partial charge in [0.1, 0.15) is 11.6 Å². The minimum absolute atomic E-state index is 0.0213. The monoisotopic (exact) mass is 489 g/mol. The van der Waals surface area contributed by atoms with Gasteiger partial charge in [0, 0.05) is 44.8 Å². The van der Waals surface area contributed by atoms with Gasteiger partial charge in [-0.25, -0.2) is 4.39 Å². The second-order valence-electron chi connectivity index (χ2n) is 11.2. The largest absolute Gasteiger partial charge is 0.483 e. The predicted molar refractivity (Wildman–Crippen MR) is 139 cm³/mol.